The van der Waals surface area contributed by atoms with E-state index in [0.29, 0.717) is 13.0 Å². The van der Waals surface area contributed by atoms with Crippen LogP contribution in [0.5, 0.6) is 0 Å². The minimum Gasteiger partial charge on any atom is -0.481 e. The van der Waals surface area contributed by atoms with E-state index >= 15 is 0 Å². The molecule has 0 aromatic heterocycles. The summed E-state index contributed by atoms with van der Waals surface area (Å²) in [6, 6.07) is 0.0326. The van der Waals surface area contributed by atoms with Crippen LogP contribution in [0.1, 0.15) is 45.4 Å². The van der Waals surface area contributed by atoms with Crippen LogP contribution in [-0.4, -0.2) is 54.2 Å². The van der Waals surface area contributed by atoms with Gasteiger partial charge in [0.2, 0.25) is 0 Å². The van der Waals surface area contributed by atoms with Crippen LogP contribution in [0.15, 0.2) is 0 Å². The summed E-state index contributed by atoms with van der Waals surface area (Å²) in [7, 11) is 0. The molecule has 2 amide bonds. The smallest absolute Gasteiger partial charge is 0.317 e. The highest BCUT2D eigenvalue weighted by molar-refractivity contribution is 5.74. The van der Waals surface area contributed by atoms with E-state index in [9.17, 15) is 9.59 Å². The topological polar surface area (TPSA) is 81.7 Å². The molecule has 0 aromatic rings. The Morgan fingerprint density at radius 3 is 2.80 bits per heavy atom. The summed E-state index contributed by atoms with van der Waals surface area (Å²) >= 11 is 0. The normalized spacial score (nSPS) is 18.9. The van der Waals surface area contributed by atoms with Gasteiger partial charge in [0.1, 0.15) is 0 Å². The number of carbonyl (C=O) groups is 2. The maximum Gasteiger partial charge on any atom is 0.317 e. The second kappa shape index (κ2) is 9.58. The standard InChI is InChI=1S/C14H27N3O3/c1-2-15-9-5-10-16-14(20)17-11-4-3-6-12(17)7-8-13(18)19/h12,15H,2-11H2,1H3,(H,16,20)(H,18,19). The minimum absolute atomic E-state index is 0.0448. The van der Waals surface area contributed by atoms with E-state index in [-0.39, 0.29) is 18.5 Å². The Bertz CT molecular complexity index is 310. The molecule has 1 heterocycles. The number of hydrogen-bond acceptors (Lipinski definition) is 3. The van der Waals surface area contributed by atoms with Crippen LogP contribution in [-0.2, 0) is 4.79 Å². The highest BCUT2D eigenvalue weighted by atomic mass is 16.4. The van der Waals surface area contributed by atoms with Crippen LogP contribution in [0, 0.1) is 0 Å². The van der Waals surface area contributed by atoms with E-state index in [1.54, 1.807) is 0 Å². The number of carboxylic acid groups (broad SMARTS) is 1. The zero-order valence-corrected chi connectivity index (χ0v) is 12.4. The summed E-state index contributed by atoms with van der Waals surface area (Å²) < 4.78 is 0. The Balaban J connectivity index is 2.32. The highest BCUT2D eigenvalue weighted by Crippen LogP contribution is 2.20. The number of hydrogen-bond donors (Lipinski definition) is 3. The molecule has 1 saturated heterocycles. The van der Waals surface area contributed by atoms with Crippen molar-refractivity contribution in [2.75, 3.05) is 26.2 Å². The number of urea groups is 1. The molecule has 0 aliphatic carbocycles. The molecule has 1 unspecified atom stereocenters. The quantitative estimate of drug-likeness (QED) is 0.589. The van der Waals surface area contributed by atoms with Crippen molar-refractivity contribution in [1.29, 1.82) is 0 Å². The third-order valence-corrected chi connectivity index (χ3v) is 3.64. The third-order valence-electron chi connectivity index (χ3n) is 3.64. The fourth-order valence-electron chi connectivity index (χ4n) is 2.55. The van der Waals surface area contributed by atoms with E-state index in [4.69, 9.17) is 5.11 Å². The van der Waals surface area contributed by atoms with Gasteiger partial charge in [0.25, 0.3) is 0 Å². The lowest BCUT2D eigenvalue weighted by atomic mass is 9.98. The molecule has 0 radical (unpaired) electrons. The third kappa shape index (κ3) is 6.23. The zero-order chi connectivity index (χ0) is 14.8. The first-order chi connectivity index (χ1) is 9.65. The van der Waals surface area contributed by atoms with Crippen LogP contribution in [0.4, 0.5) is 4.79 Å². The van der Waals surface area contributed by atoms with Crippen LogP contribution in [0.2, 0.25) is 0 Å². The summed E-state index contributed by atoms with van der Waals surface area (Å²) in [4.78, 5) is 24.6. The number of nitrogens with zero attached hydrogens (tertiary/aromatic N) is 1. The Hall–Kier alpha value is -1.30. The number of nitrogens with one attached hydrogen (secondary N) is 2. The van der Waals surface area contributed by atoms with Gasteiger partial charge >= 0.3 is 12.0 Å². The van der Waals surface area contributed by atoms with Gasteiger partial charge in [-0.3, -0.25) is 4.79 Å². The van der Waals surface area contributed by atoms with Crippen LogP contribution >= 0.6 is 0 Å². The van der Waals surface area contributed by atoms with Crippen molar-refractivity contribution in [3.05, 3.63) is 0 Å². The number of likely N-dealkylation sites (tertiary alicyclic amines) is 1. The van der Waals surface area contributed by atoms with Crippen molar-refractivity contribution in [1.82, 2.24) is 15.5 Å². The molecular formula is C14H27N3O3. The van der Waals surface area contributed by atoms with E-state index in [1.807, 2.05) is 4.90 Å². The van der Waals surface area contributed by atoms with Gasteiger partial charge in [0.15, 0.2) is 0 Å². The maximum absolute atomic E-state index is 12.1. The molecule has 0 spiro atoms. The summed E-state index contributed by atoms with van der Waals surface area (Å²) in [6.45, 7) is 5.30. The van der Waals surface area contributed by atoms with Gasteiger partial charge in [0.05, 0.1) is 0 Å². The number of carbonyl (C=O) groups excluding carboxylic acids is 1. The summed E-state index contributed by atoms with van der Waals surface area (Å²) in [6.07, 6.45) is 4.60. The molecule has 0 saturated carbocycles. The number of aliphatic carboxylic acids is 1. The van der Waals surface area contributed by atoms with Gasteiger partial charge in [-0.1, -0.05) is 6.92 Å². The fourth-order valence-corrected chi connectivity index (χ4v) is 2.55. The molecule has 6 heteroatoms. The largest absolute Gasteiger partial charge is 0.481 e. The van der Waals surface area contributed by atoms with Gasteiger partial charge in [-0.05, 0) is 45.2 Å². The number of rotatable bonds is 8. The SMILES string of the molecule is CCNCCCNC(=O)N1CCCCC1CCC(=O)O. The van der Waals surface area contributed by atoms with Crippen molar-refractivity contribution in [2.24, 2.45) is 0 Å². The molecule has 6 nitrogen and oxygen atoms in total. The molecule has 1 atom stereocenters. The Morgan fingerprint density at radius 1 is 1.30 bits per heavy atom. The van der Waals surface area contributed by atoms with Gasteiger partial charge in [-0.15, -0.1) is 0 Å². The van der Waals surface area contributed by atoms with E-state index in [2.05, 4.69) is 17.6 Å². The Morgan fingerprint density at radius 2 is 2.10 bits per heavy atom. The molecule has 1 aliphatic rings. The average Bonchev–Trinajstić information content (AvgIpc) is 2.45. The van der Waals surface area contributed by atoms with Crippen molar-refractivity contribution in [3.63, 3.8) is 0 Å². The second-order valence-electron chi connectivity index (χ2n) is 5.21. The number of carboxylic acids is 1. The van der Waals surface area contributed by atoms with E-state index in [1.165, 1.54) is 0 Å². The lowest BCUT2D eigenvalue weighted by Gasteiger charge is -2.35. The summed E-state index contributed by atoms with van der Waals surface area (Å²) in [5.41, 5.74) is 0. The molecule has 1 rings (SSSR count). The molecule has 1 aliphatic heterocycles. The monoisotopic (exact) mass is 285 g/mol. The van der Waals surface area contributed by atoms with E-state index in [0.717, 1.165) is 45.3 Å². The molecule has 0 bridgehead atoms. The Labute approximate surface area is 120 Å². The molecule has 0 aromatic carbocycles. The second-order valence-corrected chi connectivity index (χ2v) is 5.21. The summed E-state index contributed by atoms with van der Waals surface area (Å²) in [5, 5.41) is 14.9. The van der Waals surface area contributed by atoms with Crippen molar-refractivity contribution < 1.29 is 14.7 Å². The fraction of sp³-hybridized carbons (Fsp3) is 0.857. The van der Waals surface area contributed by atoms with Crippen molar-refractivity contribution in [3.8, 4) is 0 Å². The summed E-state index contributed by atoms with van der Waals surface area (Å²) in [5.74, 6) is -0.790. The lowest BCUT2D eigenvalue weighted by molar-refractivity contribution is -0.137. The zero-order valence-electron chi connectivity index (χ0n) is 12.4. The molecule has 3 N–H and O–H groups in total. The molecule has 20 heavy (non-hydrogen) atoms. The molecular weight excluding hydrogens is 258 g/mol. The van der Waals surface area contributed by atoms with Gasteiger partial charge in [-0.25, -0.2) is 4.79 Å². The van der Waals surface area contributed by atoms with Crippen LogP contribution < -0.4 is 10.6 Å². The predicted molar refractivity (Wildman–Crippen MR) is 77.8 cm³/mol. The minimum atomic E-state index is -0.790. The first-order valence-electron chi connectivity index (χ1n) is 7.62. The number of amides is 2. The first kappa shape index (κ1) is 16.8. The van der Waals surface area contributed by atoms with Crippen LogP contribution in [0.3, 0.4) is 0 Å². The predicted octanol–water partition coefficient (Wildman–Crippen LogP) is 1.41. The van der Waals surface area contributed by atoms with Crippen molar-refractivity contribution >= 4 is 12.0 Å². The average molecular weight is 285 g/mol. The highest BCUT2D eigenvalue weighted by Gasteiger charge is 2.26. The number of piperidine rings is 1. The lowest BCUT2D eigenvalue weighted by Crippen LogP contribution is -2.49. The van der Waals surface area contributed by atoms with Gasteiger partial charge in [0, 0.05) is 25.6 Å². The molecule has 116 valence electrons. The molecule has 1 fully saturated rings. The van der Waals surface area contributed by atoms with Crippen molar-refractivity contribution in [2.45, 2.75) is 51.5 Å². The van der Waals surface area contributed by atoms with E-state index < -0.39 is 5.97 Å². The first-order valence-corrected chi connectivity index (χ1v) is 7.62. The van der Waals surface area contributed by atoms with Gasteiger partial charge < -0.3 is 20.6 Å². The maximum atomic E-state index is 12.1. The Kier molecular flexibility index (Phi) is 8.02. The van der Waals surface area contributed by atoms with Crippen LogP contribution in [0.25, 0.3) is 0 Å². The van der Waals surface area contributed by atoms with Gasteiger partial charge in [-0.2, -0.15) is 0 Å².